The van der Waals surface area contributed by atoms with Gasteiger partial charge in [-0.2, -0.15) is 0 Å². The van der Waals surface area contributed by atoms with Crippen molar-refractivity contribution >= 4 is 17.3 Å². The van der Waals surface area contributed by atoms with Gasteiger partial charge in [-0.25, -0.2) is 4.79 Å². The molecule has 0 aliphatic rings. The van der Waals surface area contributed by atoms with Crippen LogP contribution in [0.25, 0.3) is 0 Å². The lowest BCUT2D eigenvalue weighted by atomic mass is 10.1. The number of carbonyl (C=O) groups excluding carboxylic acids is 1. The van der Waals surface area contributed by atoms with Gasteiger partial charge in [-0.15, -0.1) is 11.3 Å². The zero-order valence-electron chi connectivity index (χ0n) is 7.61. The second-order valence-electron chi connectivity index (χ2n) is 2.59. The molecule has 0 aliphatic heterocycles. The van der Waals surface area contributed by atoms with E-state index in [0.29, 0.717) is 4.88 Å². The molecule has 72 valence electrons. The first kappa shape index (κ1) is 10.2. The minimum absolute atomic E-state index is 0.600. The first-order valence-corrected chi connectivity index (χ1v) is 4.90. The van der Waals surface area contributed by atoms with E-state index in [2.05, 4.69) is 4.74 Å². The molecule has 0 radical (unpaired) electrons. The number of ether oxygens (including phenoxy) is 1. The van der Waals surface area contributed by atoms with Crippen LogP contribution in [0.15, 0.2) is 11.4 Å². The van der Waals surface area contributed by atoms with E-state index in [0.717, 1.165) is 12.0 Å². The van der Waals surface area contributed by atoms with Gasteiger partial charge < -0.3 is 9.84 Å². The largest absolute Gasteiger partial charge is 0.467 e. The number of aliphatic hydroxyl groups excluding tert-OH is 1. The van der Waals surface area contributed by atoms with Crippen molar-refractivity contribution in [2.24, 2.45) is 0 Å². The van der Waals surface area contributed by atoms with Crippen molar-refractivity contribution in [3.8, 4) is 0 Å². The fraction of sp³-hybridized carbons (Fsp3) is 0.444. The molecule has 0 bridgehead atoms. The van der Waals surface area contributed by atoms with E-state index >= 15 is 0 Å². The Kier molecular flexibility index (Phi) is 3.45. The number of aliphatic hydroxyl groups is 1. The van der Waals surface area contributed by atoms with Crippen LogP contribution in [0, 0.1) is 0 Å². The van der Waals surface area contributed by atoms with E-state index in [1.807, 2.05) is 18.4 Å². The van der Waals surface area contributed by atoms with Crippen LogP contribution in [0.3, 0.4) is 0 Å². The fourth-order valence-corrected chi connectivity index (χ4v) is 2.07. The Balaban J connectivity index is 2.87. The van der Waals surface area contributed by atoms with E-state index < -0.39 is 12.1 Å². The van der Waals surface area contributed by atoms with Crippen molar-refractivity contribution in [1.29, 1.82) is 0 Å². The summed E-state index contributed by atoms with van der Waals surface area (Å²) in [5.41, 5.74) is 1.00. The molecule has 1 aromatic rings. The van der Waals surface area contributed by atoms with Gasteiger partial charge in [-0.05, 0) is 23.4 Å². The number of thiophene rings is 1. The highest BCUT2D eigenvalue weighted by atomic mass is 32.1. The molecule has 13 heavy (non-hydrogen) atoms. The van der Waals surface area contributed by atoms with Crippen LogP contribution >= 0.6 is 11.3 Å². The average molecular weight is 200 g/mol. The van der Waals surface area contributed by atoms with E-state index in [1.54, 1.807) is 0 Å². The lowest BCUT2D eigenvalue weighted by molar-refractivity contribution is -0.150. The minimum atomic E-state index is -1.13. The highest BCUT2D eigenvalue weighted by molar-refractivity contribution is 7.10. The van der Waals surface area contributed by atoms with Gasteiger partial charge >= 0.3 is 5.97 Å². The monoisotopic (exact) mass is 200 g/mol. The zero-order valence-corrected chi connectivity index (χ0v) is 8.43. The summed E-state index contributed by atoms with van der Waals surface area (Å²) in [5.74, 6) is -0.600. The Morgan fingerprint density at radius 3 is 3.00 bits per heavy atom. The van der Waals surface area contributed by atoms with Gasteiger partial charge in [0.25, 0.3) is 0 Å². The average Bonchev–Trinajstić information content (AvgIpc) is 2.62. The molecule has 1 N–H and O–H groups in total. The molecule has 0 saturated carbocycles. The first-order chi connectivity index (χ1) is 6.20. The molecular formula is C9H12O3S. The van der Waals surface area contributed by atoms with Crippen LogP contribution in [-0.4, -0.2) is 18.2 Å². The van der Waals surface area contributed by atoms with Gasteiger partial charge in [-0.1, -0.05) is 6.92 Å². The van der Waals surface area contributed by atoms with E-state index in [9.17, 15) is 9.90 Å². The predicted octanol–water partition coefficient (Wildman–Crippen LogP) is 1.52. The lowest BCUT2D eigenvalue weighted by Crippen LogP contribution is -2.13. The molecule has 0 saturated heterocycles. The maximum absolute atomic E-state index is 11.0. The molecule has 0 aromatic carbocycles. The predicted molar refractivity (Wildman–Crippen MR) is 50.7 cm³/mol. The summed E-state index contributed by atoms with van der Waals surface area (Å²) in [6.45, 7) is 1.98. The number of hydrogen-bond donors (Lipinski definition) is 1. The normalized spacial score (nSPS) is 12.5. The molecule has 1 aromatic heterocycles. The van der Waals surface area contributed by atoms with E-state index in [-0.39, 0.29) is 0 Å². The van der Waals surface area contributed by atoms with Crippen LogP contribution in [0.2, 0.25) is 0 Å². The Labute approximate surface area is 81.0 Å². The molecule has 0 amide bonds. The quantitative estimate of drug-likeness (QED) is 0.752. The molecule has 0 spiro atoms. The first-order valence-electron chi connectivity index (χ1n) is 4.02. The molecule has 0 aliphatic carbocycles. The van der Waals surface area contributed by atoms with Crippen molar-refractivity contribution in [3.05, 3.63) is 21.9 Å². The van der Waals surface area contributed by atoms with Crippen molar-refractivity contribution < 1.29 is 14.6 Å². The van der Waals surface area contributed by atoms with Crippen molar-refractivity contribution in [1.82, 2.24) is 0 Å². The summed E-state index contributed by atoms with van der Waals surface area (Å²) in [6, 6.07) is 1.91. The molecular weight excluding hydrogens is 188 g/mol. The Hall–Kier alpha value is -0.870. The smallest absolute Gasteiger partial charge is 0.340 e. The fourth-order valence-electron chi connectivity index (χ4n) is 1.10. The second-order valence-corrected chi connectivity index (χ2v) is 3.54. The Morgan fingerprint density at radius 1 is 1.77 bits per heavy atom. The van der Waals surface area contributed by atoms with Gasteiger partial charge in [0, 0.05) is 4.88 Å². The third-order valence-corrected chi connectivity index (χ3v) is 2.85. The summed E-state index contributed by atoms with van der Waals surface area (Å²) in [6.07, 6.45) is -0.313. The third-order valence-electron chi connectivity index (χ3n) is 1.83. The summed E-state index contributed by atoms with van der Waals surface area (Å²) >= 11 is 1.38. The van der Waals surface area contributed by atoms with Crippen molar-refractivity contribution in [2.75, 3.05) is 7.11 Å². The van der Waals surface area contributed by atoms with E-state index in [4.69, 9.17) is 0 Å². The van der Waals surface area contributed by atoms with Crippen LogP contribution in [0.5, 0.6) is 0 Å². The maximum Gasteiger partial charge on any atom is 0.340 e. The van der Waals surface area contributed by atoms with Crippen molar-refractivity contribution in [3.63, 3.8) is 0 Å². The Bertz CT molecular complexity index is 293. The number of esters is 1. The standard InChI is InChI=1S/C9H12O3S/c1-3-6-4-5-13-8(6)7(10)9(11)12-2/h4-5,7,10H,3H2,1-2H3. The Morgan fingerprint density at radius 2 is 2.46 bits per heavy atom. The van der Waals surface area contributed by atoms with Gasteiger partial charge in [0.2, 0.25) is 0 Å². The molecule has 1 atom stereocenters. The summed E-state index contributed by atoms with van der Waals surface area (Å²) < 4.78 is 4.45. The highest BCUT2D eigenvalue weighted by Crippen LogP contribution is 2.25. The number of hydrogen-bond acceptors (Lipinski definition) is 4. The molecule has 0 fully saturated rings. The number of aryl methyl sites for hydroxylation is 1. The summed E-state index contributed by atoms with van der Waals surface area (Å²) in [5, 5.41) is 11.4. The van der Waals surface area contributed by atoms with Crippen LogP contribution in [0.4, 0.5) is 0 Å². The number of carbonyl (C=O) groups is 1. The van der Waals surface area contributed by atoms with E-state index in [1.165, 1.54) is 18.4 Å². The summed E-state index contributed by atoms with van der Waals surface area (Å²) in [4.78, 5) is 11.7. The van der Waals surface area contributed by atoms with Gasteiger partial charge in [-0.3, -0.25) is 0 Å². The van der Waals surface area contributed by atoms with Crippen LogP contribution in [-0.2, 0) is 16.0 Å². The molecule has 4 heteroatoms. The minimum Gasteiger partial charge on any atom is -0.467 e. The third kappa shape index (κ3) is 2.08. The molecule has 1 rings (SSSR count). The maximum atomic E-state index is 11.0. The molecule has 1 unspecified atom stereocenters. The number of methoxy groups -OCH3 is 1. The summed E-state index contributed by atoms with van der Waals surface area (Å²) in [7, 11) is 1.27. The lowest BCUT2D eigenvalue weighted by Gasteiger charge is -2.07. The molecule has 1 heterocycles. The number of rotatable bonds is 3. The van der Waals surface area contributed by atoms with Gasteiger partial charge in [0.1, 0.15) is 0 Å². The molecule has 3 nitrogen and oxygen atoms in total. The van der Waals surface area contributed by atoms with Crippen molar-refractivity contribution in [2.45, 2.75) is 19.4 Å². The van der Waals surface area contributed by atoms with Crippen LogP contribution in [0.1, 0.15) is 23.5 Å². The van der Waals surface area contributed by atoms with Crippen LogP contribution < -0.4 is 0 Å². The van der Waals surface area contributed by atoms with Gasteiger partial charge in [0.15, 0.2) is 6.10 Å². The zero-order chi connectivity index (χ0) is 9.84. The topological polar surface area (TPSA) is 46.5 Å². The SMILES string of the molecule is CCc1ccsc1C(O)C(=O)OC. The van der Waals surface area contributed by atoms with Gasteiger partial charge in [0.05, 0.1) is 7.11 Å². The second kappa shape index (κ2) is 4.39. The highest BCUT2D eigenvalue weighted by Gasteiger charge is 2.21.